The molecule has 2 aromatic carbocycles. The number of nitrogens with two attached hydrogens (primary N) is 1. The van der Waals surface area contributed by atoms with Crippen LogP contribution in [0, 0.1) is 0 Å². The molecule has 0 aromatic heterocycles. The molecule has 0 bridgehead atoms. The number of carbonyl (C=O) groups is 1. The third-order valence-electron chi connectivity index (χ3n) is 3.83. The number of nitrogens with zero attached hydrogens (tertiary/aromatic N) is 1. The molecule has 21 heavy (non-hydrogen) atoms. The SMILES string of the molecule is Nc1cccc2c1CCN(C(=O)C=Cc1ccccc1)C2. The van der Waals surface area contributed by atoms with Gasteiger partial charge in [0.2, 0.25) is 5.91 Å². The van der Waals surface area contributed by atoms with Gasteiger partial charge in [0.05, 0.1) is 0 Å². The van der Waals surface area contributed by atoms with Gasteiger partial charge in [-0.3, -0.25) is 4.79 Å². The minimum atomic E-state index is 0.0481. The van der Waals surface area contributed by atoms with E-state index < -0.39 is 0 Å². The third kappa shape index (κ3) is 2.97. The molecular weight excluding hydrogens is 260 g/mol. The Labute approximate surface area is 124 Å². The second-order valence-corrected chi connectivity index (χ2v) is 5.24. The van der Waals surface area contributed by atoms with Crippen molar-refractivity contribution in [1.82, 2.24) is 4.90 Å². The van der Waals surface area contributed by atoms with E-state index in [1.807, 2.05) is 59.5 Å². The van der Waals surface area contributed by atoms with Gasteiger partial charge in [0.25, 0.3) is 0 Å². The van der Waals surface area contributed by atoms with Crippen LogP contribution in [0.15, 0.2) is 54.6 Å². The number of benzene rings is 2. The van der Waals surface area contributed by atoms with Gasteiger partial charge in [-0.1, -0.05) is 42.5 Å². The molecule has 0 spiro atoms. The van der Waals surface area contributed by atoms with E-state index in [4.69, 9.17) is 5.73 Å². The first-order valence-electron chi connectivity index (χ1n) is 7.12. The van der Waals surface area contributed by atoms with Gasteiger partial charge in [-0.25, -0.2) is 0 Å². The molecule has 1 amide bonds. The van der Waals surface area contributed by atoms with Crippen molar-refractivity contribution in [2.75, 3.05) is 12.3 Å². The van der Waals surface area contributed by atoms with E-state index in [0.717, 1.165) is 29.8 Å². The Morgan fingerprint density at radius 3 is 2.71 bits per heavy atom. The van der Waals surface area contributed by atoms with Gasteiger partial charge >= 0.3 is 0 Å². The second kappa shape index (κ2) is 5.83. The zero-order valence-corrected chi connectivity index (χ0v) is 11.8. The van der Waals surface area contributed by atoms with Crippen molar-refractivity contribution < 1.29 is 4.79 Å². The Bertz CT molecular complexity index is 677. The predicted octanol–water partition coefficient (Wildman–Crippen LogP) is 2.87. The van der Waals surface area contributed by atoms with Gasteiger partial charge in [0, 0.05) is 24.9 Å². The molecule has 3 rings (SSSR count). The molecule has 1 heterocycles. The zero-order valence-electron chi connectivity index (χ0n) is 11.8. The van der Waals surface area contributed by atoms with E-state index in [0.29, 0.717) is 6.54 Å². The van der Waals surface area contributed by atoms with Crippen molar-refractivity contribution >= 4 is 17.7 Å². The van der Waals surface area contributed by atoms with Crippen LogP contribution in [0.1, 0.15) is 16.7 Å². The molecule has 0 unspecified atom stereocenters. The zero-order chi connectivity index (χ0) is 14.7. The highest BCUT2D eigenvalue weighted by atomic mass is 16.2. The number of carbonyl (C=O) groups excluding carboxylic acids is 1. The number of hydrogen-bond donors (Lipinski definition) is 1. The first-order chi connectivity index (χ1) is 10.2. The molecule has 0 aliphatic carbocycles. The maximum atomic E-state index is 12.3. The van der Waals surface area contributed by atoms with Gasteiger partial charge in [0.1, 0.15) is 0 Å². The van der Waals surface area contributed by atoms with E-state index in [1.165, 1.54) is 5.56 Å². The lowest BCUT2D eigenvalue weighted by molar-refractivity contribution is -0.126. The van der Waals surface area contributed by atoms with Crippen LogP contribution in [0.4, 0.5) is 5.69 Å². The third-order valence-corrected chi connectivity index (χ3v) is 3.83. The van der Waals surface area contributed by atoms with Gasteiger partial charge in [-0.2, -0.15) is 0 Å². The van der Waals surface area contributed by atoms with Crippen molar-refractivity contribution in [3.8, 4) is 0 Å². The van der Waals surface area contributed by atoms with Crippen molar-refractivity contribution in [3.63, 3.8) is 0 Å². The van der Waals surface area contributed by atoms with Gasteiger partial charge < -0.3 is 10.6 Å². The molecule has 106 valence electrons. The van der Waals surface area contributed by atoms with E-state index in [9.17, 15) is 4.79 Å². The summed E-state index contributed by atoms with van der Waals surface area (Å²) in [6, 6.07) is 15.8. The molecule has 0 saturated heterocycles. The predicted molar refractivity (Wildman–Crippen MR) is 85.5 cm³/mol. The van der Waals surface area contributed by atoms with Gasteiger partial charge in [0.15, 0.2) is 0 Å². The largest absolute Gasteiger partial charge is 0.398 e. The van der Waals surface area contributed by atoms with E-state index in [1.54, 1.807) is 6.08 Å². The number of hydrogen-bond acceptors (Lipinski definition) is 2. The Hall–Kier alpha value is -2.55. The molecule has 3 heteroatoms. The molecule has 0 radical (unpaired) electrons. The molecular formula is C18H18N2O. The summed E-state index contributed by atoms with van der Waals surface area (Å²) >= 11 is 0. The van der Waals surface area contributed by atoms with Crippen molar-refractivity contribution in [2.24, 2.45) is 0 Å². The molecule has 2 aromatic rings. The first-order valence-corrected chi connectivity index (χ1v) is 7.12. The highest BCUT2D eigenvalue weighted by Crippen LogP contribution is 2.24. The van der Waals surface area contributed by atoms with Crippen molar-refractivity contribution in [3.05, 3.63) is 71.3 Å². The number of anilines is 1. The standard InChI is InChI=1S/C18H18N2O/c19-17-8-4-7-15-13-20(12-11-16(15)17)18(21)10-9-14-5-2-1-3-6-14/h1-10H,11-13,19H2. The normalized spacial score (nSPS) is 14.2. The second-order valence-electron chi connectivity index (χ2n) is 5.24. The highest BCUT2D eigenvalue weighted by Gasteiger charge is 2.20. The number of nitrogen functional groups attached to an aromatic ring is 1. The van der Waals surface area contributed by atoms with Gasteiger partial charge in [-0.15, -0.1) is 0 Å². The van der Waals surface area contributed by atoms with Crippen molar-refractivity contribution in [2.45, 2.75) is 13.0 Å². The summed E-state index contributed by atoms with van der Waals surface area (Å²) in [5.74, 6) is 0.0481. The number of fused-ring (bicyclic) bond motifs is 1. The number of rotatable bonds is 2. The lowest BCUT2D eigenvalue weighted by Gasteiger charge is -2.28. The molecule has 2 N–H and O–H groups in total. The summed E-state index contributed by atoms with van der Waals surface area (Å²) in [5.41, 5.74) is 10.2. The topological polar surface area (TPSA) is 46.3 Å². The Morgan fingerprint density at radius 1 is 1.10 bits per heavy atom. The van der Waals surface area contributed by atoms with Gasteiger partial charge in [-0.05, 0) is 35.3 Å². The Morgan fingerprint density at radius 2 is 1.90 bits per heavy atom. The minimum absolute atomic E-state index is 0.0481. The monoisotopic (exact) mass is 278 g/mol. The van der Waals surface area contributed by atoms with E-state index in [2.05, 4.69) is 0 Å². The van der Waals surface area contributed by atoms with Crippen LogP contribution in [0.25, 0.3) is 6.08 Å². The summed E-state index contributed by atoms with van der Waals surface area (Å²) in [5, 5.41) is 0. The fourth-order valence-corrected chi connectivity index (χ4v) is 2.66. The minimum Gasteiger partial charge on any atom is -0.398 e. The van der Waals surface area contributed by atoms with Crippen LogP contribution < -0.4 is 5.73 Å². The molecule has 0 fully saturated rings. The van der Waals surface area contributed by atoms with E-state index in [-0.39, 0.29) is 5.91 Å². The number of amides is 1. The van der Waals surface area contributed by atoms with Crippen molar-refractivity contribution in [1.29, 1.82) is 0 Å². The summed E-state index contributed by atoms with van der Waals surface area (Å²) in [4.78, 5) is 14.1. The summed E-state index contributed by atoms with van der Waals surface area (Å²) < 4.78 is 0. The fourth-order valence-electron chi connectivity index (χ4n) is 2.66. The summed E-state index contributed by atoms with van der Waals surface area (Å²) in [6.45, 7) is 1.36. The van der Waals surface area contributed by atoms with Crippen LogP contribution in [-0.2, 0) is 17.8 Å². The molecule has 1 aliphatic heterocycles. The lowest BCUT2D eigenvalue weighted by Crippen LogP contribution is -2.35. The average molecular weight is 278 g/mol. The molecule has 1 aliphatic rings. The van der Waals surface area contributed by atoms with Crippen LogP contribution in [0.2, 0.25) is 0 Å². The molecule has 0 saturated carbocycles. The maximum Gasteiger partial charge on any atom is 0.246 e. The lowest BCUT2D eigenvalue weighted by atomic mass is 9.98. The smallest absolute Gasteiger partial charge is 0.246 e. The Balaban J connectivity index is 1.71. The van der Waals surface area contributed by atoms with Crippen LogP contribution >= 0.6 is 0 Å². The summed E-state index contributed by atoms with van der Waals surface area (Å²) in [7, 11) is 0. The first kappa shape index (κ1) is 13.4. The quantitative estimate of drug-likeness (QED) is 0.678. The summed E-state index contributed by atoms with van der Waals surface area (Å²) in [6.07, 6.45) is 4.33. The maximum absolute atomic E-state index is 12.3. The molecule has 0 atom stereocenters. The van der Waals surface area contributed by atoms with Crippen LogP contribution in [0.5, 0.6) is 0 Å². The highest BCUT2D eigenvalue weighted by molar-refractivity contribution is 5.92. The average Bonchev–Trinajstić information content (AvgIpc) is 2.53. The Kier molecular flexibility index (Phi) is 3.73. The van der Waals surface area contributed by atoms with E-state index >= 15 is 0 Å². The van der Waals surface area contributed by atoms with Crippen LogP contribution in [-0.4, -0.2) is 17.4 Å². The fraction of sp³-hybridized carbons (Fsp3) is 0.167. The van der Waals surface area contributed by atoms with Crippen LogP contribution in [0.3, 0.4) is 0 Å². The molecule has 3 nitrogen and oxygen atoms in total.